The van der Waals surface area contributed by atoms with Crippen LogP contribution >= 0.6 is 0 Å². The maximum Gasteiger partial charge on any atom is 0.417 e. The molecule has 0 aromatic heterocycles. The summed E-state index contributed by atoms with van der Waals surface area (Å²) in [6.07, 6.45) is 6.91. The van der Waals surface area contributed by atoms with E-state index in [4.69, 9.17) is 4.74 Å². The molecule has 0 bridgehead atoms. The van der Waals surface area contributed by atoms with Crippen LogP contribution in [0.2, 0.25) is 0 Å². The van der Waals surface area contributed by atoms with Gasteiger partial charge < -0.3 is 4.74 Å². The van der Waals surface area contributed by atoms with Crippen molar-refractivity contribution < 1.29 is 17.9 Å². The van der Waals surface area contributed by atoms with E-state index in [9.17, 15) is 13.2 Å². The lowest BCUT2D eigenvalue weighted by Gasteiger charge is -2.45. The minimum atomic E-state index is -4.21. The molecule has 4 heteroatoms. The summed E-state index contributed by atoms with van der Waals surface area (Å²) in [4.78, 5) is 0. The summed E-state index contributed by atoms with van der Waals surface area (Å²) in [6, 6.07) is 0. The fraction of sp³-hybridized carbons (Fsp3) is 1.00. The Balaban J connectivity index is 2.46. The van der Waals surface area contributed by atoms with Gasteiger partial charge in [-0.25, -0.2) is 0 Å². The SMILES string of the molecule is CCCCCCCC(CCCCC)OC1(C(F)(F)F)CCC1. The van der Waals surface area contributed by atoms with Gasteiger partial charge in [-0.05, 0) is 32.1 Å². The Morgan fingerprint density at radius 1 is 0.864 bits per heavy atom. The molecule has 0 spiro atoms. The van der Waals surface area contributed by atoms with Gasteiger partial charge in [0, 0.05) is 0 Å². The van der Waals surface area contributed by atoms with Crippen molar-refractivity contribution in [2.75, 3.05) is 0 Å². The van der Waals surface area contributed by atoms with Crippen molar-refractivity contribution in [3.63, 3.8) is 0 Å². The Bertz CT molecular complexity index is 285. The molecule has 1 fully saturated rings. The van der Waals surface area contributed by atoms with Crippen LogP contribution in [0.3, 0.4) is 0 Å². The number of halogens is 3. The summed E-state index contributed by atoms with van der Waals surface area (Å²) >= 11 is 0. The average molecular weight is 322 g/mol. The number of rotatable bonds is 12. The molecule has 0 saturated heterocycles. The molecular weight excluding hydrogens is 289 g/mol. The lowest BCUT2D eigenvalue weighted by atomic mass is 9.79. The fourth-order valence-corrected chi connectivity index (χ4v) is 3.14. The molecular formula is C18H33F3O. The summed E-state index contributed by atoms with van der Waals surface area (Å²) in [5, 5.41) is 0. The topological polar surface area (TPSA) is 9.23 Å². The van der Waals surface area contributed by atoms with Gasteiger partial charge in [-0.3, -0.25) is 0 Å². The summed E-state index contributed by atoms with van der Waals surface area (Å²) in [7, 11) is 0. The van der Waals surface area contributed by atoms with Crippen molar-refractivity contribution in [3.8, 4) is 0 Å². The van der Waals surface area contributed by atoms with E-state index in [-0.39, 0.29) is 18.9 Å². The number of alkyl halides is 3. The molecule has 1 unspecified atom stereocenters. The fourth-order valence-electron chi connectivity index (χ4n) is 3.14. The Labute approximate surface area is 134 Å². The Kier molecular flexibility index (Phi) is 8.81. The largest absolute Gasteiger partial charge is 0.417 e. The van der Waals surface area contributed by atoms with Gasteiger partial charge >= 0.3 is 6.18 Å². The molecule has 1 rings (SSSR count). The van der Waals surface area contributed by atoms with Gasteiger partial charge in [-0.15, -0.1) is 0 Å². The average Bonchev–Trinajstić information content (AvgIpc) is 2.40. The predicted molar refractivity (Wildman–Crippen MR) is 85.0 cm³/mol. The Hall–Kier alpha value is -0.250. The van der Waals surface area contributed by atoms with Crippen molar-refractivity contribution in [1.29, 1.82) is 0 Å². The highest BCUT2D eigenvalue weighted by Gasteiger charge is 2.60. The highest BCUT2D eigenvalue weighted by atomic mass is 19.4. The zero-order valence-corrected chi connectivity index (χ0v) is 14.3. The first kappa shape index (κ1) is 19.8. The highest BCUT2D eigenvalue weighted by molar-refractivity contribution is 4.97. The third-order valence-corrected chi connectivity index (χ3v) is 4.83. The van der Waals surface area contributed by atoms with Crippen molar-refractivity contribution in [1.82, 2.24) is 0 Å². The van der Waals surface area contributed by atoms with Crippen LogP contribution in [-0.2, 0) is 4.74 Å². The van der Waals surface area contributed by atoms with Crippen molar-refractivity contribution in [2.24, 2.45) is 0 Å². The van der Waals surface area contributed by atoms with Gasteiger partial charge in [0.1, 0.15) is 0 Å². The molecule has 132 valence electrons. The van der Waals surface area contributed by atoms with Crippen LogP contribution in [0.1, 0.15) is 97.3 Å². The van der Waals surface area contributed by atoms with Gasteiger partial charge in [0.05, 0.1) is 6.10 Å². The van der Waals surface area contributed by atoms with Crippen LogP contribution in [0.5, 0.6) is 0 Å². The molecule has 0 aromatic rings. The molecule has 1 aliphatic carbocycles. The quantitative estimate of drug-likeness (QED) is 0.359. The minimum absolute atomic E-state index is 0.149. The third kappa shape index (κ3) is 6.10. The summed E-state index contributed by atoms with van der Waals surface area (Å²) in [5.41, 5.74) is -1.83. The van der Waals surface area contributed by atoms with E-state index in [2.05, 4.69) is 13.8 Å². The molecule has 0 aliphatic heterocycles. The van der Waals surface area contributed by atoms with E-state index in [1.807, 2.05) is 0 Å². The van der Waals surface area contributed by atoms with Crippen LogP contribution in [0.15, 0.2) is 0 Å². The van der Waals surface area contributed by atoms with Gasteiger partial charge in [0.25, 0.3) is 0 Å². The molecule has 0 amide bonds. The van der Waals surface area contributed by atoms with E-state index in [0.717, 1.165) is 44.9 Å². The second-order valence-electron chi connectivity index (χ2n) is 6.78. The van der Waals surface area contributed by atoms with Crippen molar-refractivity contribution in [2.45, 2.75) is 115 Å². The molecule has 1 atom stereocenters. The smallest absolute Gasteiger partial charge is 0.362 e. The van der Waals surface area contributed by atoms with Gasteiger partial charge in [0.2, 0.25) is 0 Å². The maximum absolute atomic E-state index is 13.3. The number of hydrogen-bond acceptors (Lipinski definition) is 1. The Morgan fingerprint density at radius 2 is 1.36 bits per heavy atom. The predicted octanol–water partition coefficient (Wildman–Crippen LogP) is 6.80. The van der Waals surface area contributed by atoms with E-state index in [0.29, 0.717) is 6.42 Å². The summed E-state index contributed by atoms with van der Waals surface area (Å²) in [5.74, 6) is 0. The first-order chi connectivity index (χ1) is 10.4. The zero-order valence-electron chi connectivity index (χ0n) is 14.3. The molecule has 0 radical (unpaired) electrons. The third-order valence-electron chi connectivity index (χ3n) is 4.83. The summed E-state index contributed by atoms with van der Waals surface area (Å²) in [6.45, 7) is 4.28. The van der Waals surface area contributed by atoms with Crippen LogP contribution in [0.25, 0.3) is 0 Å². The molecule has 1 nitrogen and oxygen atoms in total. The van der Waals surface area contributed by atoms with E-state index in [1.165, 1.54) is 19.3 Å². The van der Waals surface area contributed by atoms with Crippen LogP contribution in [0, 0.1) is 0 Å². The second kappa shape index (κ2) is 9.79. The second-order valence-corrected chi connectivity index (χ2v) is 6.78. The maximum atomic E-state index is 13.3. The standard InChI is InChI=1S/C18H33F3O/c1-3-5-7-8-10-13-16(12-9-6-4-2)22-17(14-11-15-17)18(19,20)21/h16H,3-15H2,1-2H3. The van der Waals surface area contributed by atoms with Crippen molar-refractivity contribution >= 4 is 0 Å². The van der Waals surface area contributed by atoms with Crippen LogP contribution in [-0.4, -0.2) is 17.9 Å². The molecule has 0 aromatic carbocycles. The molecule has 22 heavy (non-hydrogen) atoms. The van der Waals surface area contributed by atoms with Crippen LogP contribution < -0.4 is 0 Å². The number of unbranched alkanes of at least 4 members (excludes halogenated alkanes) is 6. The van der Waals surface area contributed by atoms with E-state index in [1.54, 1.807) is 0 Å². The highest BCUT2D eigenvalue weighted by Crippen LogP contribution is 2.49. The lowest BCUT2D eigenvalue weighted by molar-refractivity contribution is -0.318. The number of ether oxygens (including phenoxy) is 1. The van der Waals surface area contributed by atoms with E-state index >= 15 is 0 Å². The minimum Gasteiger partial charge on any atom is -0.362 e. The molecule has 0 N–H and O–H groups in total. The lowest BCUT2D eigenvalue weighted by Crippen LogP contribution is -2.54. The molecule has 0 heterocycles. The van der Waals surface area contributed by atoms with Crippen LogP contribution in [0.4, 0.5) is 13.2 Å². The number of hydrogen-bond donors (Lipinski definition) is 0. The molecule has 1 aliphatic rings. The first-order valence-corrected chi connectivity index (χ1v) is 9.19. The monoisotopic (exact) mass is 322 g/mol. The van der Waals surface area contributed by atoms with Gasteiger partial charge in [0.15, 0.2) is 5.60 Å². The van der Waals surface area contributed by atoms with Crippen molar-refractivity contribution in [3.05, 3.63) is 0 Å². The van der Waals surface area contributed by atoms with Gasteiger partial charge in [-0.2, -0.15) is 13.2 Å². The molecule has 1 saturated carbocycles. The zero-order chi connectivity index (χ0) is 16.5. The normalized spacial score (nSPS) is 19.0. The Morgan fingerprint density at radius 3 is 1.82 bits per heavy atom. The first-order valence-electron chi connectivity index (χ1n) is 9.19. The van der Waals surface area contributed by atoms with E-state index < -0.39 is 11.8 Å². The van der Waals surface area contributed by atoms with Gasteiger partial charge in [-0.1, -0.05) is 65.2 Å². The summed E-state index contributed by atoms with van der Waals surface area (Å²) < 4.78 is 45.5.